The Bertz CT molecular complexity index is 610. The summed E-state index contributed by atoms with van der Waals surface area (Å²) in [6, 6.07) is 7.14. The Labute approximate surface area is 122 Å². The third-order valence-electron chi connectivity index (χ3n) is 2.44. The first kappa shape index (κ1) is 14.8. The maximum absolute atomic E-state index is 12.1. The van der Waals surface area contributed by atoms with E-state index in [0.717, 1.165) is 0 Å². The summed E-state index contributed by atoms with van der Waals surface area (Å²) in [6.45, 7) is 6.14. The van der Waals surface area contributed by atoms with E-state index in [1.54, 1.807) is 24.3 Å². The minimum Gasteiger partial charge on any atom is -0.491 e. The van der Waals surface area contributed by atoms with E-state index in [2.05, 4.69) is 20.5 Å². The van der Waals surface area contributed by atoms with Gasteiger partial charge in [0.1, 0.15) is 5.75 Å². The van der Waals surface area contributed by atoms with Crippen molar-refractivity contribution >= 4 is 11.9 Å². The van der Waals surface area contributed by atoms with Gasteiger partial charge in [0.2, 0.25) is 5.95 Å². The topological polar surface area (TPSA) is 89.1 Å². The number of carbonyl (C=O) groups excluding carboxylic acids is 1. The molecular formula is C14H18N4O3. The van der Waals surface area contributed by atoms with E-state index in [4.69, 9.17) is 9.47 Å². The van der Waals surface area contributed by atoms with Gasteiger partial charge in [0.05, 0.1) is 12.7 Å². The maximum Gasteiger partial charge on any atom is 0.337 e. The van der Waals surface area contributed by atoms with E-state index in [9.17, 15) is 4.79 Å². The second kappa shape index (κ2) is 6.74. The van der Waals surface area contributed by atoms with E-state index in [0.29, 0.717) is 17.9 Å². The number of hydrogen-bond donors (Lipinski definition) is 2. The number of carbonyl (C=O) groups is 1. The summed E-state index contributed by atoms with van der Waals surface area (Å²) in [5.74, 6) is 0.576. The van der Waals surface area contributed by atoms with Crippen molar-refractivity contribution in [2.45, 2.75) is 26.9 Å². The van der Waals surface area contributed by atoms with E-state index in [-0.39, 0.29) is 24.0 Å². The van der Waals surface area contributed by atoms with Gasteiger partial charge >= 0.3 is 6.01 Å². The molecule has 2 aromatic rings. The minimum atomic E-state index is -0.302. The second-order valence-electron chi connectivity index (χ2n) is 4.55. The third-order valence-corrected chi connectivity index (χ3v) is 2.44. The molecule has 21 heavy (non-hydrogen) atoms. The van der Waals surface area contributed by atoms with E-state index >= 15 is 0 Å². The number of amides is 1. The molecule has 0 aliphatic heterocycles. The fourth-order valence-corrected chi connectivity index (χ4v) is 1.66. The molecule has 7 heteroatoms. The highest BCUT2D eigenvalue weighted by Gasteiger charge is 2.11. The van der Waals surface area contributed by atoms with Crippen LogP contribution in [0.4, 0.5) is 5.95 Å². The molecule has 2 N–H and O–H groups in total. The summed E-state index contributed by atoms with van der Waals surface area (Å²) < 4.78 is 10.7. The molecule has 0 aliphatic rings. The van der Waals surface area contributed by atoms with Gasteiger partial charge in [-0.15, -0.1) is 5.10 Å². The van der Waals surface area contributed by atoms with Crippen LogP contribution in [-0.4, -0.2) is 33.8 Å². The van der Waals surface area contributed by atoms with Crippen LogP contribution in [0, 0.1) is 0 Å². The van der Waals surface area contributed by atoms with Crippen LogP contribution in [0.15, 0.2) is 24.3 Å². The molecular weight excluding hydrogens is 272 g/mol. The Balaban J connectivity index is 2.05. The van der Waals surface area contributed by atoms with Crippen LogP contribution < -0.4 is 14.8 Å². The molecule has 2 rings (SSSR count). The number of rotatable bonds is 6. The van der Waals surface area contributed by atoms with Gasteiger partial charge < -0.3 is 9.47 Å². The number of ether oxygens (including phenoxy) is 2. The maximum atomic E-state index is 12.1. The van der Waals surface area contributed by atoms with E-state index in [1.165, 1.54) is 0 Å². The van der Waals surface area contributed by atoms with Crippen LogP contribution in [0.1, 0.15) is 31.1 Å². The SMILES string of the molecule is CCOc1n[nH]c(NC(=O)c2cccc(OC(C)C)c2)n1. The molecule has 1 aromatic carbocycles. The van der Waals surface area contributed by atoms with Gasteiger partial charge in [-0.1, -0.05) is 6.07 Å². The second-order valence-corrected chi connectivity index (χ2v) is 4.55. The molecule has 1 aromatic heterocycles. The number of anilines is 1. The van der Waals surface area contributed by atoms with E-state index < -0.39 is 0 Å². The summed E-state index contributed by atoms with van der Waals surface area (Å²) in [7, 11) is 0. The summed E-state index contributed by atoms with van der Waals surface area (Å²) in [5.41, 5.74) is 0.475. The van der Waals surface area contributed by atoms with Crippen LogP contribution in [0.3, 0.4) is 0 Å². The summed E-state index contributed by atoms with van der Waals surface area (Å²) in [5, 5.41) is 9.01. The summed E-state index contributed by atoms with van der Waals surface area (Å²) >= 11 is 0. The summed E-state index contributed by atoms with van der Waals surface area (Å²) in [4.78, 5) is 16.1. The smallest absolute Gasteiger partial charge is 0.337 e. The third kappa shape index (κ3) is 4.20. The number of H-pyrrole nitrogens is 1. The molecule has 0 saturated heterocycles. The van der Waals surface area contributed by atoms with Gasteiger partial charge in [0, 0.05) is 5.56 Å². The zero-order chi connectivity index (χ0) is 15.2. The van der Waals surface area contributed by atoms with Gasteiger partial charge in [-0.3, -0.25) is 10.1 Å². The standard InChI is InChI=1S/C14H18N4O3/c1-4-20-14-16-13(17-18-14)15-12(19)10-6-5-7-11(8-10)21-9(2)3/h5-9H,4H2,1-3H3,(H2,15,16,17,18,19). The van der Waals surface area contributed by atoms with Gasteiger partial charge in [0.15, 0.2) is 0 Å². The largest absolute Gasteiger partial charge is 0.491 e. The predicted octanol–water partition coefficient (Wildman–Crippen LogP) is 2.24. The lowest BCUT2D eigenvalue weighted by atomic mass is 10.2. The van der Waals surface area contributed by atoms with Gasteiger partial charge in [-0.25, -0.2) is 5.10 Å². The molecule has 0 spiro atoms. The van der Waals surface area contributed by atoms with Crippen molar-refractivity contribution in [3.05, 3.63) is 29.8 Å². The highest BCUT2D eigenvalue weighted by atomic mass is 16.5. The fraction of sp³-hybridized carbons (Fsp3) is 0.357. The zero-order valence-corrected chi connectivity index (χ0v) is 12.2. The minimum absolute atomic E-state index is 0.0475. The number of hydrogen-bond acceptors (Lipinski definition) is 5. The van der Waals surface area contributed by atoms with Crippen LogP contribution >= 0.6 is 0 Å². The molecule has 0 fully saturated rings. The normalized spacial score (nSPS) is 10.5. The van der Waals surface area contributed by atoms with Crippen molar-refractivity contribution in [1.82, 2.24) is 15.2 Å². The van der Waals surface area contributed by atoms with Crippen molar-refractivity contribution in [2.75, 3.05) is 11.9 Å². The quantitative estimate of drug-likeness (QED) is 0.851. The molecule has 7 nitrogen and oxygen atoms in total. The lowest BCUT2D eigenvalue weighted by molar-refractivity contribution is 0.102. The van der Waals surface area contributed by atoms with Crippen molar-refractivity contribution < 1.29 is 14.3 Å². The Morgan fingerprint density at radius 3 is 2.95 bits per heavy atom. The molecule has 0 radical (unpaired) electrons. The monoisotopic (exact) mass is 290 g/mol. The fourth-order valence-electron chi connectivity index (χ4n) is 1.66. The highest BCUT2D eigenvalue weighted by molar-refractivity contribution is 6.03. The van der Waals surface area contributed by atoms with Crippen molar-refractivity contribution in [2.24, 2.45) is 0 Å². The van der Waals surface area contributed by atoms with E-state index in [1.807, 2.05) is 20.8 Å². The highest BCUT2D eigenvalue weighted by Crippen LogP contribution is 2.16. The first-order valence-electron chi connectivity index (χ1n) is 6.71. The first-order chi connectivity index (χ1) is 10.1. The Kier molecular flexibility index (Phi) is 4.76. The van der Waals surface area contributed by atoms with Crippen LogP contribution in [0.25, 0.3) is 0 Å². The number of aromatic nitrogens is 3. The summed E-state index contributed by atoms with van der Waals surface area (Å²) in [6.07, 6.45) is 0.0475. The average molecular weight is 290 g/mol. The predicted molar refractivity (Wildman–Crippen MR) is 77.7 cm³/mol. The number of nitrogens with zero attached hydrogens (tertiary/aromatic N) is 2. The molecule has 1 heterocycles. The first-order valence-corrected chi connectivity index (χ1v) is 6.71. The number of nitrogens with one attached hydrogen (secondary N) is 2. The lowest BCUT2D eigenvalue weighted by Gasteiger charge is -2.10. The molecule has 0 bridgehead atoms. The van der Waals surface area contributed by atoms with Crippen molar-refractivity contribution in [3.63, 3.8) is 0 Å². The van der Waals surface area contributed by atoms with Crippen LogP contribution in [0.5, 0.6) is 11.8 Å². The lowest BCUT2D eigenvalue weighted by Crippen LogP contribution is -2.13. The molecule has 0 saturated carbocycles. The Hall–Kier alpha value is -2.57. The number of benzene rings is 1. The molecule has 0 unspecified atom stereocenters. The van der Waals surface area contributed by atoms with Gasteiger partial charge in [-0.05, 0) is 39.0 Å². The van der Waals surface area contributed by atoms with Gasteiger partial charge in [0.25, 0.3) is 5.91 Å². The van der Waals surface area contributed by atoms with Crippen LogP contribution in [-0.2, 0) is 0 Å². The van der Waals surface area contributed by atoms with Crippen LogP contribution in [0.2, 0.25) is 0 Å². The number of aromatic amines is 1. The molecule has 0 atom stereocenters. The molecule has 112 valence electrons. The average Bonchev–Trinajstić information content (AvgIpc) is 2.86. The zero-order valence-electron chi connectivity index (χ0n) is 12.2. The van der Waals surface area contributed by atoms with Gasteiger partial charge in [-0.2, -0.15) is 4.98 Å². The van der Waals surface area contributed by atoms with Crippen molar-refractivity contribution in [3.8, 4) is 11.8 Å². The molecule has 0 aliphatic carbocycles. The Morgan fingerprint density at radius 1 is 1.43 bits per heavy atom. The molecule has 1 amide bonds. The Morgan fingerprint density at radius 2 is 2.24 bits per heavy atom. The van der Waals surface area contributed by atoms with Crippen molar-refractivity contribution in [1.29, 1.82) is 0 Å².